The Morgan fingerprint density at radius 3 is 2.57 bits per heavy atom. The Kier molecular flexibility index (Phi) is 4.06. The number of aryl methyl sites for hydroxylation is 1. The number of hydrogen-bond acceptors (Lipinski definition) is 4. The van der Waals surface area contributed by atoms with Gasteiger partial charge in [0.1, 0.15) is 10.6 Å². The molecule has 2 rings (SSSR count). The summed E-state index contributed by atoms with van der Waals surface area (Å²) in [5, 5.41) is 8.92. The molecule has 0 radical (unpaired) electrons. The molecule has 9 heteroatoms. The van der Waals surface area contributed by atoms with Gasteiger partial charge < -0.3 is 15.4 Å². The highest BCUT2D eigenvalue weighted by Gasteiger charge is 2.33. The first-order valence-corrected chi connectivity index (χ1v) is 7.90. The predicted molar refractivity (Wildman–Crippen MR) is 73.0 cm³/mol. The second-order valence-electron chi connectivity index (χ2n) is 5.20. The fourth-order valence-electron chi connectivity index (χ4n) is 2.53. The molecule has 1 heterocycles. The highest BCUT2D eigenvalue weighted by atomic mass is 32.2. The minimum absolute atomic E-state index is 0.0578. The number of carbonyl (C=O) groups is 2. The molecule has 8 nitrogen and oxygen atoms in total. The normalized spacial score (nSPS) is 22.3. The largest absolute Gasteiger partial charge is 0.481 e. The summed E-state index contributed by atoms with van der Waals surface area (Å²) >= 11 is 0. The van der Waals surface area contributed by atoms with Gasteiger partial charge in [-0.1, -0.05) is 0 Å². The van der Waals surface area contributed by atoms with E-state index in [4.69, 9.17) is 10.8 Å². The maximum Gasteiger partial charge on any atom is 0.306 e. The highest BCUT2D eigenvalue weighted by Crippen LogP contribution is 2.27. The van der Waals surface area contributed by atoms with Crippen molar-refractivity contribution in [1.82, 2.24) is 9.29 Å². The van der Waals surface area contributed by atoms with Crippen LogP contribution in [0.3, 0.4) is 0 Å². The maximum atomic E-state index is 12.2. The Hall–Kier alpha value is -1.87. The van der Waals surface area contributed by atoms with Crippen LogP contribution in [0.25, 0.3) is 0 Å². The van der Waals surface area contributed by atoms with Crippen molar-refractivity contribution in [3.05, 3.63) is 18.0 Å². The fourth-order valence-corrected chi connectivity index (χ4v) is 3.88. The lowest BCUT2D eigenvalue weighted by molar-refractivity contribution is -0.141. The standard InChI is InChI=1S/C12H17N3O5S/c1-15-6-9(5-10(15)11(13)16)21(19,20)14-8-3-2-7(4-8)12(17)18/h5-8,14H,2-4H2,1H3,(H2,13,16)(H,17,18). The molecule has 1 saturated carbocycles. The molecule has 1 aromatic rings. The summed E-state index contributed by atoms with van der Waals surface area (Å²) in [7, 11) is -2.28. The average molecular weight is 315 g/mol. The molecule has 1 aliphatic carbocycles. The number of nitrogens with zero attached hydrogens (tertiary/aromatic N) is 1. The van der Waals surface area contributed by atoms with Crippen molar-refractivity contribution >= 4 is 21.9 Å². The van der Waals surface area contributed by atoms with Crippen LogP contribution >= 0.6 is 0 Å². The summed E-state index contributed by atoms with van der Waals surface area (Å²) in [6.45, 7) is 0. The summed E-state index contributed by atoms with van der Waals surface area (Å²) in [6.07, 6.45) is 2.49. The van der Waals surface area contributed by atoms with E-state index in [1.807, 2.05) is 0 Å². The lowest BCUT2D eigenvalue weighted by atomic mass is 10.1. The molecule has 21 heavy (non-hydrogen) atoms. The lowest BCUT2D eigenvalue weighted by Gasteiger charge is -2.11. The minimum atomic E-state index is -3.80. The van der Waals surface area contributed by atoms with Gasteiger partial charge in [-0.3, -0.25) is 9.59 Å². The number of aliphatic carboxylic acids is 1. The Morgan fingerprint density at radius 1 is 1.43 bits per heavy atom. The van der Waals surface area contributed by atoms with Gasteiger partial charge in [0.05, 0.1) is 5.92 Å². The van der Waals surface area contributed by atoms with Crippen LogP contribution in [0.4, 0.5) is 0 Å². The van der Waals surface area contributed by atoms with Crippen molar-refractivity contribution < 1.29 is 23.1 Å². The number of primary amides is 1. The zero-order valence-corrected chi connectivity index (χ0v) is 12.3. The van der Waals surface area contributed by atoms with Crippen molar-refractivity contribution in [2.24, 2.45) is 18.7 Å². The molecule has 1 amide bonds. The number of sulfonamides is 1. The van der Waals surface area contributed by atoms with Crippen molar-refractivity contribution in [1.29, 1.82) is 0 Å². The molecular formula is C12H17N3O5S. The molecule has 1 aromatic heterocycles. The smallest absolute Gasteiger partial charge is 0.306 e. The number of carboxylic acids is 1. The van der Waals surface area contributed by atoms with E-state index in [0.717, 1.165) is 0 Å². The van der Waals surface area contributed by atoms with Crippen LogP contribution in [-0.4, -0.2) is 36.0 Å². The van der Waals surface area contributed by atoms with E-state index in [9.17, 15) is 18.0 Å². The molecule has 0 spiro atoms. The SMILES string of the molecule is Cn1cc(S(=O)(=O)NC2CCC(C(=O)O)C2)cc1C(N)=O. The van der Waals surface area contributed by atoms with Crippen molar-refractivity contribution in [2.75, 3.05) is 0 Å². The Morgan fingerprint density at radius 2 is 2.10 bits per heavy atom. The van der Waals surface area contributed by atoms with Crippen molar-refractivity contribution in [3.8, 4) is 0 Å². The second-order valence-corrected chi connectivity index (χ2v) is 6.92. The van der Waals surface area contributed by atoms with E-state index in [0.29, 0.717) is 12.8 Å². The third kappa shape index (κ3) is 3.24. The first kappa shape index (κ1) is 15.5. The van der Waals surface area contributed by atoms with Gasteiger partial charge in [0, 0.05) is 19.3 Å². The topological polar surface area (TPSA) is 131 Å². The molecule has 1 aliphatic rings. The van der Waals surface area contributed by atoms with Gasteiger partial charge in [0.25, 0.3) is 5.91 Å². The number of aromatic nitrogens is 1. The van der Waals surface area contributed by atoms with Crippen LogP contribution in [0.5, 0.6) is 0 Å². The highest BCUT2D eigenvalue weighted by molar-refractivity contribution is 7.89. The summed E-state index contributed by atoms with van der Waals surface area (Å²) in [5.41, 5.74) is 5.23. The first-order chi connectivity index (χ1) is 9.70. The summed E-state index contributed by atoms with van der Waals surface area (Å²) in [6, 6.07) is 0.794. The van der Waals surface area contributed by atoms with Gasteiger partial charge in [-0.15, -0.1) is 0 Å². The van der Waals surface area contributed by atoms with E-state index in [-0.39, 0.29) is 17.0 Å². The van der Waals surface area contributed by atoms with E-state index in [1.165, 1.54) is 23.9 Å². The Labute approximate surface area is 122 Å². The monoisotopic (exact) mass is 315 g/mol. The van der Waals surface area contributed by atoms with Crippen LogP contribution in [0, 0.1) is 5.92 Å². The number of carbonyl (C=O) groups excluding carboxylic acids is 1. The van der Waals surface area contributed by atoms with Crippen molar-refractivity contribution in [2.45, 2.75) is 30.2 Å². The summed E-state index contributed by atoms with van der Waals surface area (Å²) < 4.78 is 28.3. The molecule has 0 aliphatic heterocycles. The maximum absolute atomic E-state index is 12.2. The predicted octanol–water partition coefficient (Wildman–Crippen LogP) is -0.344. The van der Waals surface area contributed by atoms with Gasteiger partial charge in [0.15, 0.2) is 0 Å². The number of rotatable bonds is 5. The third-order valence-electron chi connectivity index (χ3n) is 3.65. The van der Waals surface area contributed by atoms with E-state index in [1.54, 1.807) is 0 Å². The molecule has 2 unspecified atom stereocenters. The first-order valence-electron chi connectivity index (χ1n) is 6.42. The quantitative estimate of drug-likeness (QED) is 0.683. The van der Waals surface area contributed by atoms with Crippen LogP contribution < -0.4 is 10.5 Å². The number of carboxylic acid groups (broad SMARTS) is 1. The molecule has 4 N–H and O–H groups in total. The molecular weight excluding hydrogens is 298 g/mol. The molecule has 0 bridgehead atoms. The van der Waals surface area contributed by atoms with Gasteiger partial charge in [-0.2, -0.15) is 0 Å². The fraction of sp³-hybridized carbons (Fsp3) is 0.500. The lowest BCUT2D eigenvalue weighted by Crippen LogP contribution is -2.33. The summed E-state index contributed by atoms with van der Waals surface area (Å²) in [5.74, 6) is -2.15. The van der Waals surface area contributed by atoms with Crippen LogP contribution in [-0.2, 0) is 21.9 Å². The Balaban J connectivity index is 2.14. The van der Waals surface area contributed by atoms with Gasteiger partial charge in [0.2, 0.25) is 10.0 Å². The van der Waals surface area contributed by atoms with E-state index in [2.05, 4.69) is 4.72 Å². The van der Waals surface area contributed by atoms with Crippen LogP contribution in [0.1, 0.15) is 29.8 Å². The van der Waals surface area contributed by atoms with Crippen molar-refractivity contribution in [3.63, 3.8) is 0 Å². The molecule has 0 saturated heterocycles. The van der Waals surface area contributed by atoms with Gasteiger partial charge in [-0.05, 0) is 25.3 Å². The number of nitrogens with one attached hydrogen (secondary N) is 1. The van der Waals surface area contributed by atoms with E-state index < -0.39 is 33.9 Å². The molecule has 116 valence electrons. The summed E-state index contributed by atoms with van der Waals surface area (Å²) in [4.78, 5) is 22.0. The van der Waals surface area contributed by atoms with E-state index >= 15 is 0 Å². The second kappa shape index (κ2) is 5.49. The molecule has 0 aromatic carbocycles. The van der Waals surface area contributed by atoms with Gasteiger partial charge >= 0.3 is 5.97 Å². The van der Waals surface area contributed by atoms with Crippen LogP contribution in [0.15, 0.2) is 17.2 Å². The number of nitrogens with two attached hydrogens (primary N) is 1. The zero-order valence-electron chi connectivity index (χ0n) is 11.4. The van der Waals surface area contributed by atoms with Gasteiger partial charge in [-0.25, -0.2) is 13.1 Å². The zero-order chi connectivity index (χ0) is 15.8. The van der Waals surface area contributed by atoms with Crippen LogP contribution in [0.2, 0.25) is 0 Å². The number of amides is 1. The molecule has 2 atom stereocenters. The average Bonchev–Trinajstić information content (AvgIpc) is 2.95. The minimum Gasteiger partial charge on any atom is -0.481 e. The molecule has 1 fully saturated rings. The number of hydrogen-bond donors (Lipinski definition) is 3. The Bertz CT molecular complexity index is 679. The third-order valence-corrected chi connectivity index (χ3v) is 5.13.